The number of hydrogen-bond acceptors (Lipinski definition) is 1. The number of carbonyl (C=O) groups excluding carboxylic acids is 1. The van der Waals surface area contributed by atoms with Gasteiger partial charge in [0.25, 0.3) is 0 Å². The first-order valence-corrected chi connectivity index (χ1v) is 9.99. The lowest BCUT2D eigenvalue weighted by Crippen LogP contribution is -2.26. The Morgan fingerprint density at radius 1 is 1.12 bits per heavy atom. The van der Waals surface area contributed by atoms with E-state index in [0.29, 0.717) is 12.0 Å². The number of hydrogen-bond donors (Lipinski definition) is 1. The molecule has 0 aromatic heterocycles. The molecule has 1 aromatic carbocycles. The first kappa shape index (κ1) is 18.0. The topological polar surface area (TPSA) is 29.1 Å². The van der Waals surface area contributed by atoms with Gasteiger partial charge in [0.15, 0.2) is 0 Å². The fourth-order valence-corrected chi connectivity index (χ4v) is 4.08. The molecule has 3 atom stereocenters. The van der Waals surface area contributed by atoms with Crippen LogP contribution in [-0.4, -0.2) is 11.9 Å². The van der Waals surface area contributed by atoms with Crippen LogP contribution >= 0.6 is 0 Å². The summed E-state index contributed by atoms with van der Waals surface area (Å²) in [5, 5.41) is 3.22. The van der Waals surface area contributed by atoms with Crippen LogP contribution in [0.4, 0.5) is 0 Å². The zero-order chi connectivity index (χ0) is 17.5. The highest BCUT2D eigenvalue weighted by Crippen LogP contribution is 2.30. The van der Waals surface area contributed by atoms with E-state index in [1.807, 2.05) is 0 Å². The third kappa shape index (κ3) is 5.07. The van der Waals surface area contributed by atoms with Gasteiger partial charge in [0.2, 0.25) is 5.91 Å². The summed E-state index contributed by atoms with van der Waals surface area (Å²) in [5.74, 6) is 1.02. The molecule has 134 valence electrons. The average molecular weight is 338 g/mol. The van der Waals surface area contributed by atoms with E-state index in [9.17, 15) is 4.79 Å². The van der Waals surface area contributed by atoms with E-state index >= 15 is 0 Å². The van der Waals surface area contributed by atoms with Crippen LogP contribution < -0.4 is 5.32 Å². The Labute approximate surface area is 152 Å². The van der Waals surface area contributed by atoms with E-state index in [0.717, 1.165) is 25.7 Å². The van der Waals surface area contributed by atoms with Crippen LogP contribution in [0.5, 0.6) is 0 Å². The SMILES string of the molecule is CCCCCCC1C[C@@H](CC2=CCC(c3ccccc3)C=C2)NC1=O. The molecule has 1 heterocycles. The second-order valence-electron chi connectivity index (χ2n) is 7.58. The summed E-state index contributed by atoms with van der Waals surface area (Å²) in [6, 6.07) is 11.0. The maximum absolute atomic E-state index is 12.2. The van der Waals surface area contributed by atoms with E-state index in [2.05, 4.69) is 60.8 Å². The summed E-state index contributed by atoms with van der Waals surface area (Å²) >= 11 is 0. The van der Waals surface area contributed by atoms with Crippen LogP contribution in [0.25, 0.3) is 0 Å². The molecule has 1 amide bonds. The van der Waals surface area contributed by atoms with Gasteiger partial charge in [0.1, 0.15) is 0 Å². The number of amides is 1. The molecule has 2 nitrogen and oxygen atoms in total. The lowest BCUT2D eigenvalue weighted by molar-refractivity contribution is -0.122. The fraction of sp³-hybridized carbons (Fsp3) is 0.522. The molecule has 1 fully saturated rings. The minimum Gasteiger partial charge on any atom is -0.353 e. The predicted molar refractivity (Wildman–Crippen MR) is 104 cm³/mol. The molecule has 0 radical (unpaired) electrons. The molecule has 0 spiro atoms. The summed E-state index contributed by atoms with van der Waals surface area (Å²) in [6.07, 6.45) is 16.1. The molecule has 0 bridgehead atoms. The zero-order valence-electron chi connectivity index (χ0n) is 15.4. The zero-order valence-corrected chi connectivity index (χ0v) is 15.4. The van der Waals surface area contributed by atoms with Crippen molar-refractivity contribution < 1.29 is 4.79 Å². The maximum atomic E-state index is 12.2. The van der Waals surface area contributed by atoms with E-state index in [1.165, 1.54) is 36.8 Å². The second-order valence-corrected chi connectivity index (χ2v) is 7.58. The molecule has 2 unspecified atom stereocenters. The highest BCUT2D eigenvalue weighted by atomic mass is 16.2. The van der Waals surface area contributed by atoms with Gasteiger partial charge in [-0.1, -0.05) is 86.7 Å². The molecule has 3 rings (SSSR count). The number of allylic oxidation sites excluding steroid dienone is 3. The van der Waals surface area contributed by atoms with E-state index < -0.39 is 0 Å². The van der Waals surface area contributed by atoms with Crippen molar-refractivity contribution in [2.24, 2.45) is 5.92 Å². The van der Waals surface area contributed by atoms with Gasteiger partial charge in [-0.05, 0) is 31.2 Å². The first-order chi connectivity index (χ1) is 12.3. The van der Waals surface area contributed by atoms with Crippen molar-refractivity contribution in [3.05, 3.63) is 59.7 Å². The largest absolute Gasteiger partial charge is 0.353 e. The molecular weight excluding hydrogens is 306 g/mol. The van der Waals surface area contributed by atoms with E-state index in [-0.39, 0.29) is 11.8 Å². The number of carbonyl (C=O) groups is 1. The van der Waals surface area contributed by atoms with Crippen molar-refractivity contribution in [3.8, 4) is 0 Å². The van der Waals surface area contributed by atoms with Gasteiger partial charge in [-0.15, -0.1) is 0 Å². The third-order valence-corrected chi connectivity index (χ3v) is 5.58. The molecule has 25 heavy (non-hydrogen) atoms. The molecule has 1 saturated heterocycles. The van der Waals surface area contributed by atoms with Crippen molar-refractivity contribution >= 4 is 5.91 Å². The lowest BCUT2D eigenvalue weighted by atomic mass is 9.88. The monoisotopic (exact) mass is 337 g/mol. The Morgan fingerprint density at radius 3 is 2.68 bits per heavy atom. The van der Waals surface area contributed by atoms with Crippen molar-refractivity contribution in [1.82, 2.24) is 5.32 Å². The Bertz CT molecular complexity index is 616. The van der Waals surface area contributed by atoms with Crippen LogP contribution in [0, 0.1) is 5.92 Å². The molecular formula is C23H31NO. The number of rotatable bonds is 8. The van der Waals surface area contributed by atoms with Gasteiger partial charge in [0.05, 0.1) is 0 Å². The van der Waals surface area contributed by atoms with Crippen molar-refractivity contribution in [2.45, 2.75) is 70.3 Å². The lowest BCUT2D eigenvalue weighted by Gasteiger charge is -2.18. The standard InChI is InChI=1S/C23H31NO/c1-2-3-4-6-11-21-17-22(24-23(21)25)16-18-12-14-20(15-13-18)19-9-7-5-8-10-19/h5,7-10,12-14,20-22H,2-4,6,11,15-17H2,1H3,(H,24,25)/t20?,21?,22-/m1/s1. The number of benzene rings is 1. The van der Waals surface area contributed by atoms with Crippen LogP contribution in [0.3, 0.4) is 0 Å². The predicted octanol–water partition coefficient (Wildman–Crippen LogP) is 5.52. The highest BCUT2D eigenvalue weighted by Gasteiger charge is 2.31. The van der Waals surface area contributed by atoms with Gasteiger partial charge in [0, 0.05) is 17.9 Å². The maximum Gasteiger partial charge on any atom is 0.223 e. The Kier molecular flexibility index (Phi) is 6.49. The van der Waals surface area contributed by atoms with Gasteiger partial charge < -0.3 is 5.32 Å². The highest BCUT2D eigenvalue weighted by molar-refractivity contribution is 5.81. The van der Waals surface area contributed by atoms with Crippen LogP contribution in [0.15, 0.2) is 54.1 Å². The summed E-state index contributed by atoms with van der Waals surface area (Å²) in [4.78, 5) is 12.2. The van der Waals surface area contributed by atoms with Gasteiger partial charge in [-0.25, -0.2) is 0 Å². The van der Waals surface area contributed by atoms with Crippen LogP contribution in [-0.2, 0) is 4.79 Å². The summed E-state index contributed by atoms with van der Waals surface area (Å²) in [6.45, 7) is 2.23. The molecule has 2 heteroatoms. The van der Waals surface area contributed by atoms with Crippen molar-refractivity contribution in [3.63, 3.8) is 0 Å². The molecule has 2 aliphatic rings. The van der Waals surface area contributed by atoms with Crippen LogP contribution in [0.1, 0.15) is 69.8 Å². The quantitative estimate of drug-likeness (QED) is 0.622. The summed E-state index contributed by atoms with van der Waals surface area (Å²) < 4.78 is 0. The van der Waals surface area contributed by atoms with Crippen molar-refractivity contribution in [1.29, 1.82) is 0 Å². The minimum absolute atomic E-state index is 0.243. The molecule has 1 aliphatic carbocycles. The second kappa shape index (κ2) is 9.03. The fourth-order valence-electron chi connectivity index (χ4n) is 4.08. The molecule has 1 N–H and O–H groups in total. The van der Waals surface area contributed by atoms with Gasteiger partial charge >= 0.3 is 0 Å². The summed E-state index contributed by atoms with van der Waals surface area (Å²) in [5.41, 5.74) is 2.76. The van der Waals surface area contributed by atoms with Gasteiger partial charge in [-0.3, -0.25) is 4.79 Å². The molecule has 0 saturated carbocycles. The Balaban J connectivity index is 1.45. The number of unbranched alkanes of at least 4 members (excludes halogenated alkanes) is 3. The normalized spacial score (nSPS) is 25.7. The van der Waals surface area contributed by atoms with Crippen molar-refractivity contribution in [2.75, 3.05) is 0 Å². The Morgan fingerprint density at radius 2 is 1.96 bits per heavy atom. The minimum atomic E-state index is 0.243. The Hall–Kier alpha value is -1.83. The number of nitrogens with one attached hydrogen (secondary N) is 1. The average Bonchev–Trinajstić information content (AvgIpc) is 2.99. The molecule has 1 aromatic rings. The van der Waals surface area contributed by atoms with E-state index in [4.69, 9.17) is 0 Å². The van der Waals surface area contributed by atoms with E-state index in [1.54, 1.807) is 0 Å². The third-order valence-electron chi connectivity index (χ3n) is 5.58. The molecule has 1 aliphatic heterocycles. The van der Waals surface area contributed by atoms with Gasteiger partial charge in [-0.2, -0.15) is 0 Å². The van der Waals surface area contributed by atoms with Crippen LogP contribution in [0.2, 0.25) is 0 Å². The first-order valence-electron chi connectivity index (χ1n) is 9.99. The summed E-state index contributed by atoms with van der Waals surface area (Å²) in [7, 11) is 0. The smallest absolute Gasteiger partial charge is 0.223 e.